The van der Waals surface area contributed by atoms with Gasteiger partial charge in [-0.2, -0.15) is 0 Å². The van der Waals surface area contributed by atoms with Crippen molar-refractivity contribution < 1.29 is 26.0 Å². The summed E-state index contributed by atoms with van der Waals surface area (Å²) < 4.78 is 71.2. The van der Waals surface area contributed by atoms with Gasteiger partial charge in [0.25, 0.3) is 0 Å². The molecular formula is C20H25FN2O5S2. The molecule has 0 aliphatic heterocycles. The molecule has 3 N–H and O–H groups in total. The number of nitrogens with one attached hydrogen (secondary N) is 1. The fourth-order valence-electron chi connectivity index (χ4n) is 2.58. The van der Waals surface area contributed by atoms with E-state index in [0.717, 1.165) is 6.08 Å². The summed E-state index contributed by atoms with van der Waals surface area (Å²) in [5, 5.41) is 0. The largest absolute Gasteiger partial charge is 0.488 e. The first kappa shape index (κ1) is 24.0. The molecule has 0 heterocycles. The van der Waals surface area contributed by atoms with Gasteiger partial charge in [-0.3, -0.25) is 0 Å². The standard InChI is InChI=1S/C20H25FN2O5S2/c1-15(2)23-30(26,27)18-9-7-16(8-10-18)13-28-19-5-3-4-6-20(19)29(24,25)14-17(21)11-12-22/h3-11,15,23H,12-14,22H2,1-2H3. The van der Waals surface area contributed by atoms with Crippen molar-refractivity contribution in [2.45, 2.75) is 36.3 Å². The van der Waals surface area contributed by atoms with Crippen LogP contribution in [-0.4, -0.2) is 35.2 Å². The summed E-state index contributed by atoms with van der Waals surface area (Å²) >= 11 is 0. The molecule has 7 nitrogen and oxygen atoms in total. The number of hydrogen-bond donors (Lipinski definition) is 2. The number of ether oxygens (including phenoxy) is 1. The second kappa shape index (κ2) is 10.2. The maximum Gasteiger partial charge on any atom is 0.240 e. The molecule has 0 amide bonds. The van der Waals surface area contributed by atoms with Crippen molar-refractivity contribution in [2.24, 2.45) is 5.73 Å². The van der Waals surface area contributed by atoms with Gasteiger partial charge < -0.3 is 10.5 Å². The highest BCUT2D eigenvalue weighted by Gasteiger charge is 2.21. The Kier molecular flexibility index (Phi) is 8.13. The minimum absolute atomic E-state index is 0.00555. The molecule has 0 radical (unpaired) electrons. The molecule has 0 saturated heterocycles. The van der Waals surface area contributed by atoms with Gasteiger partial charge in [0.2, 0.25) is 10.0 Å². The number of para-hydroxylation sites is 1. The molecule has 10 heteroatoms. The Balaban J connectivity index is 2.17. The molecule has 2 aromatic rings. The van der Waals surface area contributed by atoms with Crippen molar-refractivity contribution in [2.75, 3.05) is 12.3 Å². The normalized spacial score (nSPS) is 12.9. The van der Waals surface area contributed by atoms with Crippen LogP contribution in [0.15, 0.2) is 70.2 Å². The van der Waals surface area contributed by atoms with Gasteiger partial charge in [-0.1, -0.05) is 24.3 Å². The van der Waals surface area contributed by atoms with Crippen molar-refractivity contribution in [1.82, 2.24) is 4.72 Å². The first-order valence-electron chi connectivity index (χ1n) is 9.15. The van der Waals surface area contributed by atoms with Gasteiger partial charge in [0.05, 0.1) is 4.90 Å². The molecule has 0 saturated carbocycles. The minimum Gasteiger partial charge on any atom is -0.488 e. The quantitative estimate of drug-likeness (QED) is 0.568. The minimum atomic E-state index is -3.97. The molecule has 0 fully saturated rings. The predicted octanol–water partition coefficient (Wildman–Crippen LogP) is 2.54. The zero-order valence-corrected chi connectivity index (χ0v) is 18.3. The lowest BCUT2D eigenvalue weighted by Gasteiger charge is -2.13. The van der Waals surface area contributed by atoms with Crippen LogP contribution in [0.5, 0.6) is 5.75 Å². The van der Waals surface area contributed by atoms with E-state index in [0.29, 0.717) is 5.56 Å². The fraction of sp³-hybridized carbons (Fsp3) is 0.300. The fourth-order valence-corrected chi connectivity index (χ4v) is 5.18. The number of hydrogen-bond acceptors (Lipinski definition) is 6. The van der Waals surface area contributed by atoms with Crippen LogP contribution in [-0.2, 0) is 26.5 Å². The van der Waals surface area contributed by atoms with Crippen LogP contribution >= 0.6 is 0 Å². The van der Waals surface area contributed by atoms with Gasteiger partial charge in [-0.05, 0) is 49.8 Å². The van der Waals surface area contributed by atoms with Crippen molar-refractivity contribution in [3.8, 4) is 5.75 Å². The summed E-state index contributed by atoms with van der Waals surface area (Å²) in [5.41, 5.74) is 5.85. The average molecular weight is 457 g/mol. The highest BCUT2D eigenvalue weighted by molar-refractivity contribution is 7.91. The second-order valence-corrected chi connectivity index (χ2v) is 10.5. The lowest BCUT2D eigenvalue weighted by Crippen LogP contribution is -2.30. The maximum absolute atomic E-state index is 13.7. The molecule has 0 aliphatic rings. The zero-order chi connectivity index (χ0) is 22.4. The van der Waals surface area contributed by atoms with Gasteiger partial charge in [0, 0.05) is 12.6 Å². The monoisotopic (exact) mass is 456 g/mol. The maximum atomic E-state index is 13.7. The highest BCUT2D eigenvalue weighted by Crippen LogP contribution is 2.27. The van der Waals surface area contributed by atoms with E-state index in [1.54, 1.807) is 32.0 Å². The Bertz CT molecular complexity index is 1100. The van der Waals surface area contributed by atoms with Gasteiger partial charge in [-0.15, -0.1) is 0 Å². The Labute approximate surface area is 176 Å². The molecule has 0 spiro atoms. The van der Waals surface area contributed by atoms with E-state index >= 15 is 0 Å². The van der Waals surface area contributed by atoms with E-state index in [2.05, 4.69) is 4.72 Å². The van der Waals surface area contributed by atoms with E-state index in [1.165, 1.54) is 30.3 Å². The number of halogens is 1. The van der Waals surface area contributed by atoms with Crippen molar-refractivity contribution in [3.05, 3.63) is 66.0 Å². The highest BCUT2D eigenvalue weighted by atomic mass is 32.2. The van der Waals surface area contributed by atoms with Crippen LogP contribution in [0, 0.1) is 0 Å². The Morgan fingerprint density at radius 1 is 1.10 bits per heavy atom. The van der Waals surface area contributed by atoms with E-state index in [1.807, 2.05) is 0 Å². The smallest absolute Gasteiger partial charge is 0.240 e. The van der Waals surface area contributed by atoms with Crippen LogP contribution in [0.3, 0.4) is 0 Å². The van der Waals surface area contributed by atoms with Crippen molar-refractivity contribution in [1.29, 1.82) is 0 Å². The first-order chi connectivity index (χ1) is 14.0. The van der Waals surface area contributed by atoms with E-state index < -0.39 is 31.4 Å². The summed E-state index contributed by atoms with van der Waals surface area (Å²) in [5.74, 6) is -1.56. The van der Waals surface area contributed by atoms with E-state index in [9.17, 15) is 21.2 Å². The molecule has 2 rings (SSSR count). The second-order valence-electron chi connectivity index (χ2n) is 6.80. The third-order valence-corrected chi connectivity index (χ3v) is 7.21. The van der Waals surface area contributed by atoms with Crippen LogP contribution < -0.4 is 15.2 Å². The molecule has 30 heavy (non-hydrogen) atoms. The average Bonchev–Trinajstić information content (AvgIpc) is 2.65. The lowest BCUT2D eigenvalue weighted by molar-refractivity contribution is 0.298. The molecule has 2 aromatic carbocycles. The summed E-state index contributed by atoms with van der Waals surface area (Å²) in [6.07, 6.45) is 1.00. The van der Waals surface area contributed by atoms with Crippen LogP contribution in [0.4, 0.5) is 4.39 Å². The number of rotatable bonds is 10. The molecule has 0 unspecified atom stereocenters. The van der Waals surface area contributed by atoms with Crippen LogP contribution in [0.2, 0.25) is 0 Å². The molecule has 164 valence electrons. The van der Waals surface area contributed by atoms with Gasteiger partial charge in [0.1, 0.15) is 28.8 Å². The lowest BCUT2D eigenvalue weighted by atomic mass is 10.2. The zero-order valence-electron chi connectivity index (χ0n) is 16.7. The predicted molar refractivity (Wildman–Crippen MR) is 113 cm³/mol. The first-order valence-corrected chi connectivity index (χ1v) is 12.3. The molecule has 0 atom stereocenters. The van der Waals surface area contributed by atoms with Gasteiger partial charge in [-0.25, -0.2) is 25.9 Å². The Morgan fingerprint density at radius 2 is 1.73 bits per heavy atom. The molecule has 0 aliphatic carbocycles. The van der Waals surface area contributed by atoms with Crippen molar-refractivity contribution in [3.63, 3.8) is 0 Å². The molecule has 0 bridgehead atoms. The topological polar surface area (TPSA) is 116 Å². The van der Waals surface area contributed by atoms with Gasteiger partial charge in [0.15, 0.2) is 9.84 Å². The third-order valence-electron chi connectivity index (χ3n) is 3.87. The van der Waals surface area contributed by atoms with Crippen LogP contribution in [0.1, 0.15) is 19.4 Å². The number of benzene rings is 2. The van der Waals surface area contributed by atoms with E-state index in [-0.39, 0.29) is 34.7 Å². The van der Waals surface area contributed by atoms with E-state index in [4.69, 9.17) is 10.5 Å². The third kappa shape index (κ3) is 6.63. The van der Waals surface area contributed by atoms with Gasteiger partial charge >= 0.3 is 0 Å². The molecule has 0 aromatic heterocycles. The SMILES string of the molecule is CC(C)NS(=O)(=O)c1ccc(COc2ccccc2S(=O)(=O)CC(F)=CCN)cc1. The molecular weight excluding hydrogens is 431 g/mol. The summed E-state index contributed by atoms with van der Waals surface area (Å²) in [4.78, 5) is -0.0176. The van der Waals surface area contributed by atoms with Crippen molar-refractivity contribution >= 4 is 19.9 Å². The Hall–Kier alpha value is -2.27. The summed E-state index contributed by atoms with van der Waals surface area (Å²) in [6, 6.07) is 11.8. The number of sulfonamides is 1. The number of nitrogens with two attached hydrogens (primary N) is 1. The summed E-state index contributed by atoms with van der Waals surface area (Å²) in [6.45, 7) is 3.36. The summed E-state index contributed by atoms with van der Waals surface area (Å²) in [7, 11) is -7.57. The number of sulfone groups is 1. The van der Waals surface area contributed by atoms with Crippen LogP contribution in [0.25, 0.3) is 0 Å². The Morgan fingerprint density at radius 3 is 2.33 bits per heavy atom.